The van der Waals surface area contributed by atoms with Crippen LogP contribution < -0.4 is 5.32 Å². The van der Waals surface area contributed by atoms with Crippen molar-refractivity contribution in [2.75, 3.05) is 13.2 Å². The van der Waals surface area contributed by atoms with Crippen LogP contribution >= 0.6 is 0 Å². The summed E-state index contributed by atoms with van der Waals surface area (Å²) in [7, 11) is 0. The van der Waals surface area contributed by atoms with Gasteiger partial charge in [-0.1, -0.05) is 27.7 Å². The summed E-state index contributed by atoms with van der Waals surface area (Å²) >= 11 is 0. The van der Waals surface area contributed by atoms with Gasteiger partial charge in [0.15, 0.2) is 0 Å². The zero-order chi connectivity index (χ0) is 11.0. The van der Waals surface area contributed by atoms with Gasteiger partial charge in [-0.2, -0.15) is 0 Å². The second-order valence-electron chi connectivity index (χ2n) is 4.29. The minimum absolute atomic E-state index is 0.151. The van der Waals surface area contributed by atoms with Crippen molar-refractivity contribution in [2.24, 2.45) is 5.92 Å². The van der Waals surface area contributed by atoms with Gasteiger partial charge in [0.05, 0.1) is 13.2 Å². The minimum Gasteiger partial charge on any atom is -0.465 e. The maximum absolute atomic E-state index is 11.1. The molecular formula is C11H23NO2. The predicted molar refractivity (Wildman–Crippen MR) is 58.2 cm³/mol. The molecule has 0 radical (unpaired) electrons. The van der Waals surface area contributed by atoms with E-state index in [4.69, 9.17) is 4.74 Å². The van der Waals surface area contributed by atoms with E-state index in [1.165, 1.54) is 0 Å². The molecule has 0 aliphatic heterocycles. The highest BCUT2D eigenvalue weighted by molar-refractivity contribution is 5.71. The molecule has 0 unspecified atom stereocenters. The van der Waals surface area contributed by atoms with E-state index in [1.54, 1.807) is 0 Å². The first-order chi connectivity index (χ1) is 6.52. The number of esters is 1. The van der Waals surface area contributed by atoms with E-state index >= 15 is 0 Å². The summed E-state index contributed by atoms with van der Waals surface area (Å²) < 4.78 is 5.04. The highest BCUT2D eigenvalue weighted by Gasteiger charge is 2.03. The summed E-state index contributed by atoms with van der Waals surface area (Å²) in [6.07, 6.45) is 2.08. The number of ether oxygens (including phenoxy) is 1. The maximum Gasteiger partial charge on any atom is 0.319 e. The normalized spacial score (nSPS) is 11.0. The molecule has 0 saturated carbocycles. The molecule has 0 saturated heterocycles. The molecule has 3 heteroatoms. The van der Waals surface area contributed by atoms with Gasteiger partial charge in [-0.25, -0.2) is 0 Å². The Kier molecular flexibility index (Phi) is 7.48. The van der Waals surface area contributed by atoms with Gasteiger partial charge in [0.1, 0.15) is 0 Å². The first-order valence-electron chi connectivity index (χ1n) is 5.41. The fourth-order valence-corrected chi connectivity index (χ4v) is 1.02. The molecule has 0 aromatic rings. The quantitative estimate of drug-likeness (QED) is 0.505. The number of hydrogen-bond acceptors (Lipinski definition) is 3. The first-order valence-corrected chi connectivity index (χ1v) is 5.41. The van der Waals surface area contributed by atoms with Crippen molar-refractivity contribution in [3.05, 3.63) is 0 Å². The number of rotatable bonds is 7. The zero-order valence-electron chi connectivity index (χ0n) is 9.80. The molecule has 0 aliphatic carbocycles. The van der Waals surface area contributed by atoms with Crippen LogP contribution in [0.1, 0.15) is 40.5 Å². The Balaban J connectivity index is 3.27. The average molecular weight is 201 g/mol. The molecule has 0 aromatic carbocycles. The Morgan fingerprint density at radius 1 is 1.29 bits per heavy atom. The molecule has 14 heavy (non-hydrogen) atoms. The number of carbonyl (C=O) groups is 1. The van der Waals surface area contributed by atoms with Crippen LogP contribution in [-0.2, 0) is 9.53 Å². The monoisotopic (exact) mass is 201 g/mol. The third-order valence-electron chi connectivity index (χ3n) is 1.84. The van der Waals surface area contributed by atoms with Crippen molar-refractivity contribution in [1.29, 1.82) is 0 Å². The van der Waals surface area contributed by atoms with Crippen LogP contribution in [0.3, 0.4) is 0 Å². The van der Waals surface area contributed by atoms with E-state index in [0.29, 0.717) is 25.1 Å². The van der Waals surface area contributed by atoms with Crippen LogP contribution in [0.25, 0.3) is 0 Å². The van der Waals surface area contributed by atoms with Crippen molar-refractivity contribution in [3.8, 4) is 0 Å². The molecule has 1 N–H and O–H groups in total. The number of carbonyl (C=O) groups excluding carboxylic acids is 1. The maximum atomic E-state index is 11.1. The van der Waals surface area contributed by atoms with Crippen molar-refractivity contribution in [2.45, 2.75) is 46.6 Å². The van der Waals surface area contributed by atoms with E-state index in [9.17, 15) is 4.79 Å². The van der Waals surface area contributed by atoms with Crippen molar-refractivity contribution in [3.63, 3.8) is 0 Å². The zero-order valence-corrected chi connectivity index (χ0v) is 9.80. The molecule has 0 amide bonds. The van der Waals surface area contributed by atoms with E-state index in [-0.39, 0.29) is 5.97 Å². The van der Waals surface area contributed by atoms with Gasteiger partial charge >= 0.3 is 5.97 Å². The van der Waals surface area contributed by atoms with Gasteiger partial charge in [-0.3, -0.25) is 4.79 Å². The standard InChI is InChI=1S/C11H23NO2/c1-9(2)6-5-7-14-11(13)8-12-10(3)4/h9-10,12H,5-8H2,1-4H3. The lowest BCUT2D eigenvalue weighted by Gasteiger charge is -2.08. The molecule has 84 valence electrons. The largest absolute Gasteiger partial charge is 0.465 e. The van der Waals surface area contributed by atoms with Crippen LogP contribution in [-0.4, -0.2) is 25.2 Å². The van der Waals surface area contributed by atoms with Gasteiger partial charge in [-0.15, -0.1) is 0 Å². The summed E-state index contributed by atoms with van der Waals surface area (Å²) in [6.45, 7) is 9.22. The van der Waals surface area contributed by atoms with Gasteiger partial charge in [-0.05, 0) is 18.8 Å². The molecule has 0 spiro atoms. The lowest BCUT2D eigenvalue weighted by Crippen LogP contribution is -2.30. The predicted octanol–water partition coefficient (Wildman–Crippen LogP) is 1.96. The first kappa shape index (κ1) is 13.4. The summed E-state index contributed by atoms with van der Waals surface area (Å²) in [5, 5.41) is 3.02. The fraction of sp³-hybridized carbons (Fsp3) is 0.909. The Labute approximate surface area is 87.2 Å². The second kappa shape index (κ2) is 7.80. The summed E-state index contributed by atoms with van der Waals surface area (Å²) in [5.74, 6) is 0.532. The summed E-state index contributed by atoms with van der Waals surface area (Å²) in [4.78, 5) is 11.1. The lowest BCUT2D eigenvalue weighted by molar-refractivity contribution is -0.142. The molecule has 0 aromatic heterocycles. The van der Waals surface area contributed by atoms with Crippen LogP contribution in [0.4, 0.5) is 0 Å². The van der Waals surface area contributed by atoms with Crippen molar-refractivity contribution < 1.29 is 9.53 Å². The van der Waals surface area contributed by atoms with Crippen LogP contribution in [0, 0.1) is 5.92 Å². The molecule has 0 bridgehead atoms. The Morgan fingerprint density at radius 2 is 1.93 bits per heavy atom. The smallest absolute Gasteiger partial charge is 0.319 e. The third-order valence-corrected chi connectivity index (χ3v) is 1.84. The third kappa shape index (κ3) is 9.52. The van der Waals surface area contributed by atoms with E-state index in [1.807, 2.05) is 13.8 Å². The fourth-order valence-electron chi connectivity index (χ4n) is 1.02. The van der Waals surface area contributed by atoms with E-state index in [0.717, 1.165) is 12.8 Å². The summed E-state index contributed by atoms with van der Waals surface area (Å²) in [6, 6.07) is 0.332. The SMILES string of the molecule is CC(C)CCCOC(=O)CNC(C)C. The van der Waals surface area contributed by atoms with Gasteiger partial charge in [0.25, 0.3) is 0 Å². The molecule has 0 atom stereocenters. The molecule has 0 fully saturated rings. The molecule has 0 aliphatic rings. The van der Waals surface area contributed by atoms with E-state index in [2.05, 4.69) is 19.2 Å². The molecular weight excluding hydrogens is 178 g/mol. The lowest BCUT2D eigenvalue weighted by atomic mass is 10.1. The summed E-state index contributed by atoms with van der Waals surface area (Å²) in [5.41, 5.74) is 0. The second-order valence-corrected chi connectivity index (χ2v) is 4.29. The average Bonchev–Trinajstić information content (AvgIpc) is 2.08. The van der Waals surface area contributed by atoms with Gasteiger partial charge in [0.2, 0.25) is 0 Å². The molecule has 0 heterocycles. The van der Waals surface area contributed by atoms with Gasteiger partial charge in [0, 0.05) is 6.04 Å². The van der Waals surface area contributed by atoms with Crippen molar-refractivity contribution in [1.82, 2.24) is 5.32 Å². The Morgan fingerprint density at radius 3 is 2.43 bits per heavy atom. The molecule has 0 rings (SSSR count). The highest BCUT2D eigenvalue weighted by atomic mass is 16.5. The Hall–Kier alpha value is -0.570. The van der Waals surface area contributed by atoms with Crippen molar-refractivity contribution >= 4 is 5.97 Å². The molecule has 3 nitrogen and oxygen atoms in total. The minimum atomic E-state index is -0.151. The van der Waals surface area contributed by atoms with E-state index < -0.39 is 0 Å². The van der Waals surface area contributed by atoms with Gasteiger partial charge < -0.3 is 10.1 Å². The Bertz CT molecular complexity index is 155. The van der Waals surface area contributed by atoms with Crippen LogP contribution in [0.15, 0.2) is 0 Å². The van der Waals surface area contributed by atoms with Crippen LogP contribution in [0.5, 0.6) is 0 Å². The number of hydrogen-bond donors (Lipinski definition) is 1. The van der Waals surface area contributed by atoms with Crippen LogP contribution in [0.2, 0.25) is 0 Å². The highest BCUT2D eigenvalue weighted by Crippen LogP contribution is 2.02. The number of nitrogens with one attached hydrogen (secondary N) is 1. The topological polar surface area (TPSA) is 38.3 Å².